The number of aliphatic hydroxyl groups is 1. The first-order chi connectivity index (χ1) is 10.2. The molecule has 1 saturated heterocycles. The average molecular weight is 283 g/mol. The predicted octanol–water partition coefficient (Wildman–Crippen LogP) is 2.35. The largest absolute Gasteiger partial charge is 0.391 e. The Balaban J connectivity index is 1.81. The molecular weight excluding hydrogens is 266 g/mol. The van der Waals surface area contributed by atoms with E-state index in [1.165, 1.54) is 0 Å². The fourth-order valence-corrected chi connectivity index (χ4v) is 2.50. The van der Waals surface area contributed by atoms with Crippen molar-refractivity contribution in [3.63, 3.8) is 0 Å². The number of hydrogen-bond acceptors (Lipinski definition) is 3. The molecule has 2 heterocycles. The van der Waals surface area contributed by atoms with Crippen molar-refractivity contribution in [3.8, 4) is 11.1 Å². The molecule has 1 atom stereocenters. The maximum Gasteiger partial charge on any atom is 0.321 e. The predicted molar refractivity (Wildman–Crippen MR) is 80.9 cm³/mol. The van der Waals surface area contributed by atoms with Gasteiger partial charge in [0, 0.05) is 31.0 Å². The van der Waals surface area contributed by atoms with Gasteiger partial charge in [-0.25, -0.2) is 4.79 Å². The first-order valence-corrected chi connectivity index (χ1v) is 6.97. The summed E-state index contributed by atoms with van der Waals surface area (Å²) in [5.41, 5.74) is 2.71. The number of likely N-dealkylation sites (tertiary alicyclic amines) is 1. The third kappa shape index (κ3) is 3.03. The number of nitrogens with one attached hydrogen (secondary N) is 1. The number of aromatic nitrogens is 1. The number of anilines is 1. The molecule has 0 spiro atoms. The Morgan fingerprint density at radius 2 is 2.00 bits per heavy atom. The Kier molecular flexibility index (Phi) is 3.83. The molecule has 1 fully saturated rings. The number of benzene rings is 1. The SMILES string of the molecule is O=C(Nc1ccccc1-c1ccncc1)N1CC[C@@H](O)C1. The van der Waals surface area contributed by atoms with E-state index in [9.17, 15) is 9.90 Å². The second-order valence-corrected chi connectivity index (χ2v) is 5.10. The molecule has 1 aromatic carbocycles. The van der Waals surface area contributed by atoms with Gasteiger partial charge in [0.05, 0.1) is 11.8 Å². The summed E-state index contributed by atoms with van der Waals surface area (Å²) in [5, 5.41) is 12.4. The van der Waals surface area contributed by atoms with Crippen LogP contribution < -0.4 is 5.32 Å². The van der Waals surface area contributed by atoms with Gasteiger partial charge in [-0.05, 0) is 30.2 Å². The lowest BCUT2D eigenvalue weighted by Crippen LogP contribution is -2.33. The standard InChI is InChI=1S/C16H17N3O2/c20-13-7-10-19(11-13)16(21)18-15-4-2-1-3-14(15)12-5-8-17-9-6-12/h1-6,8-9,13,20H,7,10-11H2,(H,18,21)/t13-/m1/s1. The number of urea groups is 1. The van der Waals surface area contributed by atoms with E-state index >= 15 is 0 Å². The zero-order chi connectivity index (χ0) is 14.7. The minimum atomic E-state index is -0.411. The molecule has 21 heavy (non-hydrogen) atoms. The van der Waals surface area contributed by atoms with Gasteiger partial charge in [-0.15, -0.1) is 0 Å². The van der Waals surface area contributed by atoms with E-state index in [0.29, 0.717) is 19.5 Å². The van der Waals surface area contributed by atoms with Crippen molar-refractivity contribution >= 4 is 11.7 Å². The number of carbonyl (C=O) groups is 1. The fourth-order valence-electron chi connectivity index (χ4n) is 2.50. The van der Waals surface area contributed by atoms with Crippen LogP contribution in [0.15, 0.2) is 48.8 Å². The molecule has 0 unspecified atom stereocenters. The van der Waals surface area contributed by atoms with Gasteiger partial charge in [-0.3, -0.25) is 4.98 Å². The van der Waals surface area contributed by atoms with Crippen LogP contribution in [0.5, 0.6) is 0 Å². The van der Waals surface area contributed by atoms with Crippen molar-refractivity contribution in [2.24, 2.45) is 0 Å². The molecule has 2 N–H and O–H groups in total. The van der Waals surface area contributed by atoms with Crippen molar-refractivity contribution in [3.05, 3.63) is 48.8 Å². The molecule has 3 rings (SSSR count). The summed E-state index contributed by atoms with van der Waals surface area (Å²) < 4.78 is 0. The number of β-amino-alcohol motifs (C(OH)–C–C–N with tert-alkyl or cyclic N) is 1. The fraction of sp³-hybridized carbons (Fsp3) is 0.250. The molecule has 5 nitrogen and oxygen atoms in total. The van der Waals surface area contributed by atoms with Gasteiger partial charge in [-0.2, -0.15) is 0 Å². The zero-order valence-corrected chi connectivity index (χ0v) is 11.6. The highest BCUT2D eigenvalue weighted by Gasteiger charge is 2.24. The van der Waals surface area contributed by atoms with Gasteiger partial charge in [0.25, 0.3) is 0 Å². The topological polar surface area (TPSA) is 65.5 Å². The molecule has 0 radical (unpaired) electrons. The molecule has 0 bridgehead atoms. The molecule has 2 amide bonds. The molecular formula is C16H17N3O2. The van der Waals surface area contributed by atoms with E-state index in [1.807, 2.05) is 36.4 Å². The van der Waals surface area contributed by atoms with Gasteiger partial charge < -0.3 is 15.3 Å². The third-order valence-electron chi connectivity index (χ3n) is 3.61. The van der Waals surface area contributed by atoms with Crippen LogP contribution in [0.4, 0.5) is 10.5 Å². The third-order valence-corrected chi connectivity index (χ3v) is 3.61. The molecule has 1 aromatic heterocycles. The molecule has 1 aliphatic heterocycles. The number of carbonyl (C=O) groups excluding carboxylic acids is 1. The van der Waals surface area contributed by atoms with Gasteiger partial charge in [0.2, 0.25) is 0 Å². The van der Waals surface area contributed by atoms with E-state index < -0.39 is 6.10 Å². The number of para-hydroxylation sites is 1. The number of pyridine rings is 1. The summed E-state index contributed by atoms with van der Waals surface area (Å²) in [6.45, 7) is 0.980. The highest BCUT2D eigenvalue weighted by atomic mass is 16.3. The Morgan fingerprint density at radius 1 is 1.24 bits per heavy atom. The lowest BCUT2D eigenvalue weighted by molar-refractivity contribution is 0.176. The zero-order valence-electron chi connectivity index (χ0n) is 11.6. The maximum absolute atomic E-state index is 12.2. The van der Waals surface area contributed by atoms with Crippen LogP contribution in [0.3, 0.4) is 0 Å². The molecule has 0 saturated carbocycles. The van der Waals surface area contributed by atoms with Crippen LogP contribution in [0.2, 0.25) is 0 Å². The first kappa shape index (κ1) is 13.6. The highest BCUT2D eigenvalue weighted by Crippen LogP contribution is 2.27. The smallest absolute Gasteiger partial charge is 0.321 e. The van der Waals surface area contributed by atoms with E-state index in [1.54, 1.807) is 17.3 Å². The van der Waals surface area contributed by atoms with Crippen LogP contribution >= 0.6 is 0 Å². The van der Waals surface area contributed by atoms with E-state index in [2.05, 4.69) is 10.3 Å². The summed E-state index contributed by atoms with van der Waals surface area (Å²) in [7, 11) is 0. The second kappa shape index (κ2) is 5.93. The second-order valence-electron chi connectivity index (χ2n) is 5.10. The van der Waals surface area contributed by atoms with Crippen LogP contribution in [0, 0.1) is 0 Å². The van der Waals surface area contributed by atoms with E-state index in [0.717, 1.165) is 16.8 Å². The minimum absolute atomic E-state index is 0.173. The van der Waals surface area contributed by atoms with Crippen LogP contribution in [0.25, 0.3) is 11.1 Å². The summed E-state index contributed by atoms with van der Waals surface area (Å²) in [6, 6.07) is 11.3. The van der Waals surface area contributed by atoms with Crippen molar-refractivity contribution in [2.75, 3.05) is 18.4 Å². The molecule has 1 aliphatic rings. The van der Waals surface area contributed by atoms with Crippen molar-refractivity contribution in [2.45, 2.75) is 12.5 Å². The quantitative estimate of drug-likeness (QED) is 0.889. The number of rotatable bonds is 2. The lowest BCUT2D eigenvalue weighted by atomic mass is 10.1. The minimum Gasteiger partial charge on any atom is -0.391 e. The van der Waals surface area contributed by atoms with Gasteiger partial charge >= 0.3 is 6.03 Å². The Labute approximate surface area is 123 Å². The monoisotopic (exact) mass is 283 g/mol. The number of aliphatic hydroxyl groups excluding tert-OH is 1. The number of nitrogens with zero attached hydrogens (tertiary/aromatic N) is 2. The van der Waals surface area contributed by atoms with Crippen LogP contribution in [0.1, 0.15) is 6.42 Å². The summed E-state index contributed by atoms with van der Waals surface area (Å²) in [4.78, 5) is 17.9. The van der Waals surface area contributed by atoms with Crippen LogP contribution in [-0.2, 0) is 0 Å². The van der Waals surface area contributed by atoms with Crippen molar-refractivity contribution in [1.29, 1.82) is 0 Å². The Morgan fingerprint density at radius 3 is 2.71 bits per heavy atom. The molecule has 5 heteroatoms. The molecule has 2 aromatic rings. The van der Waals surface area contributed by atoms with Gasteiger partial charge in [-0.1, -0.05) is 18.2 Å². The van der Waals surface area contributed by atoms with Crippen LogP contribution in [-0.4, -0.2) is 40.2 Å². The lowest BCUT2D eigenvalue weighted by Gasteiger charge is -2.18. The average Bonchev–Trinajstić information content (AvgIpc) is 2.95. The van der Waals surface area contributed by atoms with E-state index in [4.69, 9.17) is 0 Å². The van der Waals surface area contributed by atoms with Gasteiger partial charge in [0.1, 0.15) is 0 Å². The summed E-state index contributed by atoms with van der Waals surface area (Å²) >= 11 is 0. The Hall–Kier alpha value is -2.40. The number of hydrogen-bond donors (Lipinski definition) is 2. The van der Waals surface area contributed by atoms with Crippen molar-refractivity contribution < 1.29 is 9.90 Å². The maximum atomic E-state index is 12.2. The highest BCUT2D eigenvalue weighted by molar-refractivity contribution is 5.94. The Bertz CT molecular complexity index is 630. The molecule has 0 aliphatic carbocycles. The summed E-state index contributed by atoms with van der Waals surface area (Å²) in [5.74, 6) is 0. The van der Waals surface area contributed by atoms with Crippen molar-refractivity contribution in [1.82, 2.24) is 9.88 Å². The molecule has 108 valence electrons. The normalized spacial score (nSPS) is 17.8. The van der Waals surface area contributed by atoms with E-state index in [-0.39, 0.29) is 6.03 Å². The van der Waals surface area contributed by atoms with Gasteiger partial charge in [0.15, 0.2) is 0 Å². The first-order valence-electron chi connectivity index (χ1n) is 6.97. The number of amides is 2. The summed E-state index contributed by atoms with van der Waals surface area (Å²) in [6.07, 6.45) is 3.68.